The normalized spacial score (nSPS) is 23.0. The molecule has 2 fully saturated rings. The topological polar surface area (TPSA) is 122 Å². The highest BCUT2D eigenvalue weighted by Gasteiger charge is 2.56. The number of carbonyl (C=O) groups excluding carboxylic acids is 2. The zero-order valence-corrected chi connectivity index (χ0v) is 19.0. The minimum atomic E-state index is -1.30. The van der Waals surface area contributed by atoms with Crippen LogP contribution < -0.4 is 5.32 Å². The number of aliphatic hydroxyl groups excluding tert-OH is 1. The largest absolute Gasteiger partial charge is 0.381 e. The second-order valence-electron chi connectivity index (χ2n) is 9.24. The molecule has 0 radical (unpaired) electrons. The lowest BCUT2D eigenvalue weighted by molar-refractivity contribution is -0.151. The van der Waals surface area contributed by atoms with E-state index in [1.54, 1.807) is 18.2 Å². The van der Waals surface area contributed by atoms with E-state index < -0.39 is 23.7 Å². The van der Waals surface area contributed by atoms with E-state index in [4.69, 9.17) is 16.3 Å². The molecule has 0 bridgehead atoms. The van der Waals surface area contributed by atoms with Crippen LogP contribution in [0.1, 0.15) is 39.2 Å². The third kappa shape index (κ3) is 4.92. The van der Waals surface area contributed by atoms with Crippen LogP contribution in [0.25, 0.3) is 5.69 Å². The second kappa shape index (κ2) is 8.76. The van der Waals surface area contributed by atoms with Crippen molar-refractivity contribution in [3.8, 4) is 5.69 Å². The summed E-state index contributed by atoms with van der Waals surface area (Å²) in [7, 11) is 0. The number of halogens is 1. The summed E-state index contributed by atoms with van der Waals surface area (Å²) in [5.74, 6) is -0.429. The predicted octanol–water partition coefficient (Wildman–Crippen LogP) is 1.10. The maximum Gasteiger partial charge on any atom is 0.254 e. The van der Waals surface area contributed by atoms with Crippen LogP contribution in [0.4, 0.5) is 0 Å². The molecule has 4 atom stereocenters. The molecule has 1 aliphatic carbocycles. The zero-order valence-electron chi connectivity index (χ0n) is 18.2. The number of fused-ring (bicyclic) bond motifs is 1. The number of amides is 2. The van der Waals surface area contributed by atoms with Crippen LogP contribution >= 0.6 is 11.6 Å². The minimum Gasteiger partial charge on any atom is -0.381 e. The monoisotopic (exact) mass is 462 g/mol. The Kier molecular flexibility index (Phi) is 6.19. The standard InChI is InChI=1S/C21H27ClN6O4/c1-21(2,3)32-10-18(29)20(31)28-16-7-12(16)8-17(28)19(30)23-9-13-6-14(22)4-5-15(13)27-11-24-25-26-27/h4-6,11-12,16-18,29H,7-10H2,1-3H3,(H,23,30)/t12-,16-,17+,18-/m1/s1. The number of hydrogen-bond donors (Lipinski definition) is 2. The van der Waals surface area contributed by atoms with Crippen molar-refractivity contribution >= 4 is 23.4 Å². The van der Waals surface area contributed by atoms with Crippen molar-refractivity contribution in [3.05, 3.63) is 35.1 Å². The quantitative estimate of drug-likeness (QED) is 0.631. The molecule has 32 heavy (non-hydrogen) atoms. The molecule has 0 unspecified atom stereocenters. The van der Waals surface area contributed by atoms with Crippen LogP contribution in [0.5, 0.6) is 0 Å². The molecule has 1 aromatic heterocycles. The SMILES string of the molecule is CC(C)(C)OC[C@@H](O)C(=O)N1[C@@H]2C[C@@H]2C[C@H]1C(=O)NCc1cc(Cl)ccc1-n1cnnn1. The fraction of sp³-hybridized carbons (Fsp3) is 0.571. The van der Waals surface area contributed by atoms with E-state index in [1.165, 1.54) is 15.9 Å². The average molecular weight is 463 g/mol. The number of carbonyl (C=O) groups is 2. The molecule has 2 heterocycles. The van der Waals surface area contributed by atoms with Crippen LogP contribution in [-0.2, 0) is 20.9 Å². The van der Waals surface area contributed by atoms with E-state index >= 15 is 0 Å². The van der Waals surface area contributed by atoms with E-state index in [0.717, 1.165) is 12.0 Å². The number of benzene rings is 1. The Bertz CT molecular complexity index is 993. The van der Waals surface area contributed by atoms with Gasteiger partial charge in [-0.25, -0.2) is 4.68 Å². The molecule has 172 valence electrons. The predicted molar refractivity (Wildman–Crippen MR) is 115 cm³/mol. The fourth-order valence-corrected chi connectivity index (χ4v) is 4.27. The Morgan fingerprint density at radius 3 is 2.81 bits per heavy atom. The number of likely N-dealkylation sites (tertiary alicyclic amines) is 1. The van der Waals surface area contributed by atoms with Gasteiger partial charge in [0.05, 0.1) is 17.9 Å². The van der Waals surface area contributed by atoms with Crippen molar-refractivity contribution in [2.45, 2.75) is 63.9 Å². The van der Waals surface area contributed by atoms with Crippen LogP contribution in [0.2, 0.25) is 5.02 Å². The van der Waals surface area contributed by atoms with E-state index in [0.29, 0.717) is 23.0 Å². The first kappa shape index (κ1) is 22.6. The lowest BCUT2D eigenvalue weighted by Crippen LogP contribution is -2.52. The van der Waals surface area contributed by atoms with Gasteiger partial charge in [0.1, 0.15) is 12.4 Å². The molecule has 1 aliphatic heterocycles. The number of aliphatic hydroxyl groups is 1. The molecule has 2 aromatic rings. The van der Waals surface area contributed by atoms with Gasteiger partial charge in [-0.15, -0.1) is 5.10 Å². The summed E-state index contributed by atoms with van der Waals surface area (Å²) in [5, 5.41) is 25.0. The van der Waals surface area contributed by atoms with Crippen molar-refractivity contribution in [2.75, 3.05) is 6.61 Å². The number of piperidine rings is 1. The van der Waals surface area contributed by atoms with Gasteiger partial charge in [-0.1, -0.05) is 11.6 Å². The summed E-state index contributed by atoms with van der Waals surface area (Å²) in [6.45, 7) is 5.65. The highest BCUT2D eigenvalue weighted by atomic mass is 35.5. The molecule has 10 nitrogen and oxygen atoms in total. The van der Waals surface area contributed by atoms with E-state index in [-0.39, 0.29) is 25.1 Å². The highest BCUT2D eigenvalue weighted by Crippen LogP contribution is 2.48. The Balaban J connectivity index is 1.42. The summed E-state index contributed by atoms with van der Waals surface area (Å²) in [5.41, 5.74) is 0.953. The number of rotatable bonds is 7. The van der Waals surface area contributed by atoms with Crippen LogP contribution in [0.15, 0.2) is 24.5 Å². The van der Waals surface area contributed by atoms with Crippen molar-refractivity contribution in [1.82, 2.24) is 30.4 Å². The molecule has 4 rings (SSSR count). The van der Waals surface area contributed by atoms with Crippen molar-refractivity contribution < 1.29 is 19.4 Å². The van der Waals surface area contributed by atoms with Crippen molar-refractivity contribution in [3.63, 3.8) is 0 Å². The summed E-state index contributed by atoms with van der Waals surface area (Å²) in [6.07, 6.45) is 1.61. The molecular formula is C21H27ClN6O4. The molecular weight excluding hydrogens is 436 g/mol. The van der Waals surface area contributed by atoms with Crippen molar-refractivity contribution in [2.24, 2.45) is 5.92 Å². The van der Waals surface area contributed by atoms with Crippen LogP contribution in [-0.4, -0.2) is 72.4 Å². The smallest absolute Gasteiger partial charge is 0.254 e. The molecule has 1 aromatic carbocycles. The van der Waals surface area contributed by atoms with Crippen molar-refractivity contribution in [1.29, 1.82) is 0 Å². The third-order valence-electron chi connectivity index (χ3n) is 5.71. The van der Waals surface area contributed by atoms with Gasteiger partial charge < -0.3 is 20.1 Å². The van der Waals surface area contributed by atoms with Gasteiger partial charge in [-0.3, -0.25) is 9.59 Å². The number of nitrogens with zero attached hydrogens (tertiary/aromatic N) is 5. The van der Waals surface area contributed by atoms with Gasteiger partial charge in [-0.2, -0.15) is 0 Å². The Morgan fingerprint density at radius 1 is 1.34 bits per heavy atom. The number of tetrazole rings is 1. The Morgan fingerprint density at radius 2 is 2.12 bits per heavy atom. The molecule has 2 amide bonds. The van der Waals surface area contributed by atoms with Crippen LogP contribution in [0, 0.1) is 5.92 Å². The minimum absolute atomic E-state index is 0.00508. The van der Waals surface area contributed by atoms with Gasteiger partial charge >= 0.3 is 0 Å². The molecule has 2 N–H and O–H groups in total. The first-order valence-electron chi connectivity index (χ1n) is 10.6. The first-order chi connectivity index (χ1) is 15.1. The Hall–Kier alpha value is -2.56. The number of nitrogens with one attached hydrogen (secondary N) is 1. The molecule has 1 saturated carbocycles. The zero-order chi connectivity index (χ0) is 23.0. The van der Waals surface area contributed by atoms with Gasteiger partial charge in [0.2, 0.25) is 5.91 Å². The van der Waals surface area contributed by atoms with Crippen LogP contribution in [0.3, 0.4) is 0 Å². The number of aromatic nitrogens is 4. The van der Waals surface area contributed by atoms with E-state index in [2.05, 4.69) is 20.8 Å². The molecule has 2 aliphatic rings. The summed E-state index contributed by atoms with van der Waals surface area (Å²) in [4.78, 5) is 27.5. The summed E-state index contributed by atoms with van der Waals surface area (Å²) >= 11 is 6.14. The summed E-state index contributed by atoms with van der Waals surface area (Å²) in [6, 6.07) is 4.61. The Labute approximate surface area is 190 Å². The summed E-state index contributed by atoms with van der Waals surface area (Å²) < 4.78 is 7.04. The molecule has 0 spiro atoms. The lowest BCUT2D eigenvalue weighted by Gasteiger charge is -2.30. The van der Waals surface area contributed by atoms with Gasteiger partial charge in [-0.05, 0) is 73.7 Å². The van der Waals surface area contributed by atoms with E-state index in [9.17, 15) is 14.7 Å². The molecule has 1 saturated heterocycles. The number of hydrogen-bond acceptors (Lipinski definition) is 7. The average Bonchev–Trinajstić information content (AvgIpc) is 3.14. The second-order valence-corrected chi connectivity index (χ2v) is 9.68. The van der Waals surface area contributed by atoms with Gasteiger partial charge in [0.15, 0.2) is 6.10 Å². The number of ether oxygens (including phenoxy) is 1. The molecule has 11 heteroatoms. The maximum atomic E-state index is 13.0. The van der Waals surface area contributed by atoms with E-state index in [1.807, 2.05) is 20.8 Å². The first-order valence-corrected chi connectivity index (χ1v) is 11.0. The third-order valence-corrected chi connectivity index (χ3v) is 5.95. The highest BCUT2D eigenvalue weighted by molar-refractivity contribution is 6.30. The van der Waals surface area contributed by atoms with Gasteiger partial charge in [0.25, 0.3) is 5.91 Å². The fourth-order valence-electron chi connectivity index (χ4n) is 4.07. The maximum absolute atomic E-state index is 13.0. The van der Waals surface area contributed by atoms with Gasteiger partial charge in [0, 0.05) is 17.6 Å². The lowest BCUT2D eigenvalue weighted by atomic mass is 10.1.